The van der Waals surface area contributed by atoms with Gasteiger partial charge in [-0.05, 0) is 50.7 Å². The van der Waals surface area contributed by atoms with Gasteiger partial charge in [0.15, 0.2) is 5.54 Å². The Morgan fingerprint density at radius 1 is 0.706 bits per heavy atom. The van der Waals surface area contributed by atoms with Crippen molar-refractivity contribution in [2.24, 2.45) is 0 Å². The molecule has 0 amide bonds. The van der Waals surface area contributed by atoms with E-state index in [2.05, 4.69) is 52.8 Å². The number of nitrogens with one attached hydrogen (secondary N) is 1. The minimum atomic E-state index is -0.963. The van der Waals surface area contributed by atoms with Crippen LogP contribution in [0.5, 0.6) is 0 Å². The summed E-state index contributed by atoms with van der Waals surface area (Å²) in [4.78, 5) is 2.41. The predicted octanol–water partition coefficient (Wildman–Crippen LogP) is 8.22. The average Bonchev–Trinajstić information content (AvgIpc) is 3.68. The van der Waals surface area contributed by atoms with Gasteiger partial charge in [0.25, 0.3) is 0 Å². The summed E-state index contributed by atoms with van der Waals surface area (Å²) in [7, 11) is 0. The van der Waals surface area contributed by atoms with Gasteiger partial charge in [-0.25, -0.2) is 0 Å². The van der Waals surface area contributed by atoms with Crippen LogP contribution in [-0.2, 0) is 5.54 Å². The number of aliphatic hydroxyl groups excluding tert-OH is 1. The van der Waals surface area contributed by atoms with E-state index in [-0.39, 0.29) is 5.04 Å². The summed E-state index contributed by atoms with van der Waals surface area (Å²) in [6.45, 7) is 0. The predicted molar refractivity (Wildman–Crippen MR) is 201 cm³/mol. The molecule has 4 N–H and O–H groups in total. The summed E-state index contributed by atoms with van der Waals surface area (Å²) in [5.74, 6) is -0.371. The lowest BCUT2D eigenvalue weighted by Crippen LogP contribution is -2.39. The molecule has 248 valence electrons. The lowest BCUT2D eigenvalue weighted by molar-refractivity contribution is 0.220. The number of thioether (sulfide) groups is 1. The lowest BCUT2D eigenvalue weighted by Gasteiger charge is -2.34. The minimum absolute atomic E-state index is 0.155. The van der Waals surface area contributed by atoms with E-state index >= 15 is 0 Å². The van der Waals surface area contributed by atoms with E-state index in [1.165, 1.54) is 0 Å². The molecule has 0 aliphatic rings. The van der Waals surface area contributed by atoms with E-state index in [0.29, 0.717) is 28.2 Å². The number of nitriles is 1. The Hall–Kier alpha value is -6.34. The van der Waals surface area contributed by atoms with Crippen molar-refractivity contribution in [1.82, 2.24) is 20.2 Å². The zero-order chi connectivity index (χ0) is 35.2. The average molecular weight is 684 g/mol. The van der Waals surface area contributed by atoms with Gasteiger partial charge in [-0.15, -0.1) is 15.0 Å². The number of aliphatic hydroxyl groups is 1. The molecule has 8 nitrogen and oxygen atoms in total. The zero-order valence-electron chi connectivity index (χ0n) is 27.4. The molecule has 2 unspecified atom stereocenters. The fourth-order valence-corrected chi connectivity index (χ4v) is 7.18. The monoisotopic (exact) mass is 683 g/mol. The van der Waals surface area contributed by atoms with Crippen LogP contribution in [0.15, 0.2) is 169 Å². The van der Waals surface area contributed by atoms with Crippen molar-refractivity contribution >= 4 is 22.5 Å². The van der Waals surface area contributed by atoms with Crippen LogP contribution in [0.4, 0.5) is 5.69 Å². The molecule has 0 radical (unpaired) electrons. The molecule has 7 aromatic rings. The Bertz CT molecular complexity index is 2210. The quantitative estimate of drug-likeness (QED) is 0.0434. The highest BCUT2D eigenvalue weighted by molar-refractivity contribution is 8.14. The van der Waals surface area contributed by atoms with Gasteiger partial charge >= 0.3 is 0 Å². The Labute approximate surface area is 300 Å². The lowest BCUT2D eigenvalue weighted by atomic mass is 9.77. The number of rotatable bonds is 10. The van der Waals surface area contributed by atoms with Crippen LogP contribution >= 0.6 is 11.8 Å². The molecule has 0 bridgehead atoms. The molecule has 2 atom stereocenters. The van der Waals surface area contributed by atoms with Crippen LogP contribution in [0, 0.1) is 16.7 Å². The maximum absolute atomic E-state index is 11.4. The number of nitrogen functional groups attached to an aromatic ring is 1. The fraction of sp³-hybridized carbons (Fsp3) is 0.0714. The SMILES string of the molecule is N#CC(C(=N)Sc1ccccc1N)c1cccc(C(O)c2ccc(-c3nnn(C(c4ccccc4)(c4ccccc4)c4ccccc4)n3)cc2)c1. The van der Waals surface area contributed by atoms with Gasteiger partial charge in [0.1, 0.15) is 12.0 Å². The highest BCUT2D eigenvalue weighted by Crippen LogP contribution is 2.40. The molecule has 7 rings (SSSR count). The van der Waals surface area contributed by atoms with Gasteiger partial charge in [-0.2, -0.15) is 5.26 Å². The van der Waals surface area contributed by atoms with Gasteiger partial charge in [-0.1, -0.05) is 163 Å². The maximum Gasteiger partial charge on any atom is 0.204 e. The smallest absolute Gasteiger partial charge is 0.204 e. The third kappa shape index (κ3) is 6.54. The summed E-state index contributed by atoms with van der Waals surface area (Å²) in [6, 6.07) is 54.6. The summed E-state index contributed by atoms with van der Waals surface area (Å²) in [5.41, 5.74) is 11.3. The van der Waals surface area contributed by atoms with Crippen LogP contribution in [0.3, 0.4) is 0 Å². The van der Waals surface area contributed by atoms with E-state index in [4.69, 9.17) is 16.2 Å². The number of hydrogen-bond acceptors (Lipinski definition) is 8. The second-order valence-electron chi connectivity index (χ2n) is 12.0. The molecule has 9 heteroatoms. The number of nitrogens with zero attached hydrogens (tertiary/aromatic N) is 5. The zero-order valence-corrected chi connectivity index (χ0v) is 28.2. The highest BCUT2D eigenvalue weighted by atomic mass is 32.2. The molecule has 1 heterocycles. The third-order valence-corrected chi connectivity index (χ3v) is 9.91. The Morgan fingerprint density at radius 3 is 1.82 bits per heavy atom. The number of aromatic nitrogens is 4. The van der Waals surface area contributed by atoms with Crippen LogP contribution in [0.1, 0.15) is 45.4 Å². The van der Waals surface area contributed by atoms with Gasteiger partial charge in [0.2, 0.25) is 5.82 Å². The highest BCUT2D eigenvalue weighted by Gasteiger charge is 2.41. The van der Waals surface area contributed by atoms with Crippen molar-refractivity contribution in [2.45, 2.75) is 22.5 Å². The van der Waals surface area contributed by atoms with E-state index in [9.17, 15) is 10.4 Å². The number of anilines is 1. The van der Waals surface area contributed by atoms with Crippen LogP contribution < -0.4 is 5.73 Å². The van der Waals surface area contributed by atoms with Gasteiger partial charge in [0, 0.05) is 16.1 Å². The first-order valence-corrected chi connectivity index (χ1v) is 17.2. The van der Waals surface area contributed by atoms with Gasteiger partial charge in [0.05, 0.1) is 11.1 Å². The summed E-state index contributed by atoms with van der Waals surface area (Å²) in [5, 5.41) is 44.4. The summed E-state index contributed by atoms with van der Waals surface area (Å²) < 4.78 is 0. The first kappa shape index (κ1) is 33.2. The molecule has 0 saturated heterocycles. The number of para-hydroxylation sites is 1. The molecular weight excluding hydrogens is 651 g/mol. The molecule has 0 fully saturated rings. The summed E-state index contributed by atoms with van der Waals surface area (Å²) in [6.07, 6.45) is -0.963. The Kier molecular flexibility index (Phi) is 9.52. The van der Waals surface area contributed by atoms with Crippen LogP contribution in [0.25, 0.3) is 11.4 Å². The third-order valence-electron chi connectivity index (χ3n) is 8.86. The maximum atomic E-state index is 11.4. The standard InChI is InChI=1S/C42H33N7OS/c43-28-36(40(45)51-38-22-11-10-21-37(38)44)31-13-12-14-32(27-31)39(50)29-23-25-30(26-24-29)41-46-48-49(47-41)42(33-15-4-1-5-16-33,34-17-6-2-7-18-34)35-19-8-3-9-20-35/h1-27,36,39,45,50H,44H2. The van der Waals surface area contributed by atoms with Crippen molar-refractivity contribution in [3.8, 4) is 17.5 Å². The minimum Gasteiger partial charge on any atom is -0.398 e. The molecule has 51 heavy (non-hydrogen) atoms. The van der Waals surface area contributed by atoms with Crippen molar-refractivity contribution < 1.29 is 5.11 Å². The first-order chi connectivity index (χ1) is 25.0. The van der Waals surface area contributed by atoms with E-state index in [1.807, 2.05) is 103 Å². The van der Waals surface area contributed by atoms with Crippen molar-refractivity contribution in [1.29, 1.82) is 10.7 Å². The van der Waals surface area contributed by atoms with Crippen molar-refractivity contribution in [2.75, 3.05) is 5.73 Å². The molecule has 1 aromatic heterocycles. The Balaban J connectivity index is 1.18. The fourth-order valence-electron chi connectivity index (χ4n) is 6.31. The number of benzene rings is 6. The van der Waals surface area contributed by atoms with E-state index < -0.39 is 17.6 Å². The second kappa shape index (κ2) is 14.6. The molecule has 0 spiro atoms. The van der Waals surface area contributed by atoms with Crippen LogP contribution in [0.2, 0.25) is 0 Å². The van der Waals surface area contributed by atoms with Crippen molar-refractivity contribution in [3.63, 3.8) is 0 Å². The molecule has 0 aliphatic carbocycles. The molecule has 0 saturated carbocycles. The van der Waals surface area contributed by atoms with Crippen LogP contribution in [-0.4, -0.2) is 30.4 Å². The molecular formula is C42H33N7OS. The number of hydrogen-bond donors (Lipinski definition) is 3. The molecule has 0 aliphatic heterocycles. The van der Waals surface area contributed by atoms with Gasteiger partial charge in [-0.3, -0.25) is 5.41 Å². The Morgan fingerprint density at radius 2 is 1.25 bits per heavy atom. The normalized spacial score (nSPS) is 12.5. The number of nitrogens with two attached hydrogens (primary N) is 1. The second-order valence-corrected chi connectivity index (χ2v) is 13.1. The topological polar surface area (TPSA) is 137 Å². The number of tetrazole rings is 1. The van der Waals surface area contributed by atoms with Crippen molar-refractivity contribution in [3.05, 3.63) is 197 Å². The van der Waals surface area contributed by atoms with Gasteiger partial charge < -0.3 is 10.8 Å². The summed E-state index contributed by atoms with van der Waals surface area (Å²) >= 11 is 1.16. The molecule has 6 aromatic carbocycles. The first-order valence-electron chi connectivity index (χ1n) is 16.3. The van der Waals surface area contributed by atoms with E-state index in [1.54, 1.807) is 29.1 Å². The van der Waals surface area contributed by atoms with E-state index in [0.717, 1.165) is 38.9 Å². The largest absolute Gasteiger partial charge is 0.398 e.